The largest absolute Gasteiger partial charge is 0.339 e. The zero-order valence-corrected chi connectivity index (χ0v) is 11.5. The van der Waals surface area contributed by atoms with Gasteiger partial charge in [0.25, 0.3) is 5.91 Å². The lowest BCUT2D eigenvalue weighted by atomic mass is 10.2. The molecule has 1 amide bonds. The van der Waals surface area contributed by atoms with Crippen LogP contribution in [0.25, 0.3) is 0 Å². The summed E-state index contributed by atoms with van der Waals surface area (Å²) in [6, 6.07) is 5.79. The summed E-state index contributed by atoms with van der Waals surface area (Å²) in [6.07, 6.45) is 4.38. The van der Waals surface area contributed by atoms with E-state index in [2.05, 4.69) is 0 Å². The third kappa shape index (κ3) is 3.54. The number of hydrogen-bond acceptors (Lipinski definition) is 3. The van der Waals surface area contributed by atoms with E-state index in [-0.39, 0.29) is 10.8 Å². The van der Waals surface area contributed by atoms with E-state index in [1.807, 2.05) is 4.90 Å². The van der Waals surface area contributed by atoms with Crippen LogP contribution >= 0.6 is 0 Å². The zero-order valence-electron chi connectivity index (χ0n) is 10.7. The van der Waals surface area contributed by atoms with Crippen LogP contribution in [0.4, 0.5) is 0 Å². The number of sulfonamides is 1. The SMILES string of the molecule is NS(=O)(=O)c1ccc(C(=O)N2CCCCCC2)cc1. The van der Waals surface area contributed by atoms with E-state index in [0.29, 0.717) is 5.56 Å². The Morgan fingerprint density at radius 2 is 1.53 bits per heavy atom. The summed E-state index contributed by atoms with van der Waals surface area (Å²) in [5.41, 5.74) is 0.509. The van der Waals surface area contributed by atoms with Crippen LogP contribution in [0.15, 0.2) is 29.2 Å². The Morgan fingerprint density at radius 1 is 1.00 bits per heavy atom. The fourth-order valence-electron chi connectivity index (χ4n) is 2.24. The van der Waals surface area contributed by atoms with E-state index in [0.717, 1.165) is 38.8 Å². The standard InChI is InChI=1S/C13H18N2O3S/c14-19(17,18)12-7-5-11(6-8-12)13(16)15-9-3-1-2-4-10-15/h5-8H,1-4,9-10H2,(H2,14,17,18). The van der Waals surface area contributed by atoms with Gasteiger partial charge < -0.3 is 4.90 Å². The molecule has 2 N–H and O–H groups in total. The van der Waals surface area contributed by atoms with Crippen molar-refractivity contribution in [2.75, 3.05) is 13.1 Å². The minimum absolute atomic E-state index is 0.0277. The molecule has 0 atom stereocenters. The van der Waals surface area contributed by atoms with E-state index in [1.54, 1.807) is 0 Å². The Bertz CT molecular complexity index is 544. The van der Waals surface area contributed by atoms with Crippen molar-refractivity contribution in [3.05, 3.63) is 29.8 Å². The van der Waals surface area contributed by atoms with Gasteiger partial charge in [-0.15, -0.1) is 0 Å². The van der Waals surface area contributed by atoms with Crippen molar-refractivity contribution in [2.45, 2.75) is 30.6 Å². The van der Waals surface area contributed by atoms with Crippen LogP contribution in [0.3, 0.4) is 0 Å². The second kappa shape index (κ2) is 5.71. The topological polar surface area (TPSA) is 80.5 Å². The van der Waals surface area contributed by atoms with Crippen molar-refractivity contribution in [1.82, 2.24) is 4.90 Å². The predicted octanol–water partition coefficient (Wildman–Crippen LogP) is 1.35. The number of hydrogen-bond donors (Lipinski definition) is 1. The van der Waals surface area contributed by atoms with E-state index < -0.39 is 10.0 Å². The second-order valence-electron chi connectivity index (χ2n) is 4.78. The Hall–Kier alpha value is -1.40. The smallest absolute Gasteiger partial charge is 0.253 e. The number of amides is 1. The number of primary sulfonamides is 1. The van der Waals surface area contributed by atoms with Gasteiger partial charge in [0.05, 0.1) is 4.90 Å². The number of carbonyl (C=O) groups is 1. The maximum atomic E-state index is 12.3. The van der Waals surface area contributed by atoms with Crippen molar-refractivity contribution in [1.29, 1.82) is 0 Å². The highest BCUT2D eigenvalue weighted by Gasteiger charge is 2.17. The number of nitrogens with two attached hydrogens (primary N) is 1. The summed E-state index contributed by atoms with van der Waals surface area (Å²) in [4.78, 5) is 14.1. The molecule has 1 heterocycles. The molecule has 0 spiro atoms. The molecule has 1 fully saturated rings. The van der Waals surface area contributed by atoms with Crippen LogP contribution in [0.2, 0.25) is 0 Å². The number of carbonyl (C=O) groups excluding carboxylic acids is 1. The predicted molar refractivity (Wildman–Crippen MR) is 72.2 cm³/mol. The average molecular weight is 282 g/mol. The minimum atomic E-state index is -3.70. The highest BCUT2D eigenvalue weighted by molar-refractivity contribution is 7.89. The van der Waals surface area contributed by atoms with Gasteiger partial charge in [0.15, 0.2) is 0 Å². The number of likely N-dealkylation sites (tertiary alicyclic amines) is 1. The molecule has 5 nitrogen and oxygen atoms in total. The van der Waals surface area contributed by atoms with Gasteiger partial charge in [-0.05, 0) is 37.1 Å². The third-order valence-electron chi connectivity index (χ3n) is 3.32. The molecule has 0 aromatic heterocycles. The molecule has 0 aliphatic carbocycles. The monoisotopic (exact) mass is 282 g/mol. The van der Waals surface area contributed by atoms with Gasteiger partial charge in [-0.1, -0.05) is 12.8 Å². The highest BCUT2D eigenvalue weighted by Crippen LogP contribution is 2.15. The van der Waals surface area contributed by atoms with E-state index in [9.17, 15) is 13.2 Å². The molecular formula is C13H18N2O3S. The van der Waals surface area contributed by atoms with Crippen molar-refractivity contribution in [2.24, 2.45) is 5.14 Å². The van der Waals surface area contributed by atoms with Crippen molar-refractivity contribution < 1.29 is 13.2 Å². The Labute approximate surface area is 113 Å². The third-order valence-corrected chi connectivity index (χ3v) is 4.25. The summed E-state index contributed by atoms with van der Waals surface area (Å²) in [5.74, 6) is -0.0390. The molecular weight excluding hydrogens is 264 g/mol. The first kappa shape index (κ1) is 14.0. The summed E-state index contributed by atoms with van der Waals surface area (Å²) in [7, 11) is -3.70. The molecule has 1 aliphatic rings. The van der Waals surface area contributed by atoms with Crippen LogP contribution in [0, 0.1) is 0 Å². The maximum Gasteiger partial charge on any atom is 0.253 e. The number of rotatable bonds is 2. The van der Waals surface area contributed by atoms with Crippen LogP contribution < -0.4 is 5.14 Å². The molecule has 0 bridgehead atoms. The van der Waals surface area contributed by atoms with Gasteiger partial charge >= 0.3 is 0 Å². The van der Waals surface area contributed by atoms with Crippen molar-refractivity contribution in [3.8, 4) is 0 Å². The number of benzene rings is 1. The molecule has 19 heavy (non-hydrogen) atoms. The fraction of sp³-hybridized carbons (Fsp3) is 0.462. The van der Waals surface area contributed by atoms with Crippen LogP contribution in [0.1, 0.15) is 36.0 Å². The Morgan fingerprint density at radius 3 is 2.00 bits per heavy atom. The maximum absolute atomic E-state index is 12.3. The molecule has 1 saturated heterocycles. The average Bonchev–Trinajstić information content (AvgIpc) is 2.66. The molecule has 0 saturated carbocycles. The fourth-order valence-corrected chi connectivity index (χ4v) is 2.76. The second-order valence-corrected chi connectivity index (χ2v) is 6.34. The van der Waals surface area contributed by atoms with E-state index in [1.165, 1.54) is 24.3 Å². The van der Waals surface area contributed by atoms with Gasteiger partial charge in [0.1, 0.15) is 0 Å². The summed E-state index contributed by atoms with van der Waals surface area (Å²) >= 11 is 0. The molecule has 2 rings (SSSR count). The normalized spacial score (nSPS) is 17.0. The number of nitrogens with zero attached hydrogens (tertiary/aromatic N) is 1. The molecule has 104 valence electrons. The first-order chi connectivity index (χ1) is 8.98. The quantitative estimate of drug-likeness (QED) is 0.889. The minimum Gasteiger partial charge on any atom is -0.339 e. The summed E-state index contributed by atoms with van der Waals surface area (Å²) in [5, 5.41) is 5.02. The molecule has 1 aliphatic heterocycles. The van der Waals surface area contributed by atoms with Crippen LogP contribution in [-0.4, -0.2) is 32.3 Å². The highest BCUT2D eigenvalue weighted by atomic mass is 32.2. The Kier molecular flexibility index (Phi) is 4.21. The van der Waals surface area contributed by atoms with Crippen LogP contribution in [0.5, 0.6) is 0 Å². The molecule has 0 unspecified atom stereocenters. The first-order valence-electron chi connectivity index (χ1n) is 6.40. The van der Waals surface area contributed by atoms with Gasteiger partial charge in [-0.25, -0.2) is 13.6 Å². The van der Waals surface area contributed by atoms with Crippen molar-refractivity contribution in [3.63, 3.8) is 0 Å². The molecule has 1 aromatic rings. The summed E-state index contributed by atoms with van der Waals surface area (Å²) < 4.78 is 22.3. The van der Waals surface area contributed by atoms with Crippen molar-refractivity contribution >= 4 is 15.9 Å². The lowest BCUT2D eigenvalue weighted by Gasteiger charge is -2.20. The Balaban J connectivity index is 2.15. The van der Waals surface area contributed by atoms with Gasteiger partial charge in [-0.2, -0.15) is 0 Å². The molecule has 0 radical (unpaired) electrons. The van der Waals surface area contributed by atoms with E-state index >= 15 is 0 Å². The lowest BCUT2D eigenvalue weighted by molar-refractivity contribution is 0.0761. The molecule has 6 heteroatoms. The van der Waals surface area contributed by atoms with Gasteiger partial charge in [0.2, 0.25) is 10.0 Å². The summed E-state index contributed by atoms with van der Waals surface area (Å²) in [6.45, 7) is 1.55. The zero-order chi connectivity index (χ0) is 13.9. The lowest BCUT2D eigenvalue weighted by Crippen LogP contribution is -2.31. The van der Waals surface area contributed by atoms with Gasteiger partial charge in [0, 0.05) is 18.7 Å². The van der Waals surface area contributed by atoms with E-state index in [4.69, 9.17) is 5.14 Å². The first-order valence-corrected chi connectivity index (χ1v) is 7.95. The van der Waals surface area contributed by atoms with Gasteiger partial charge in [-0.3, -0.25) is 4.79 Å². The van der Waals surface area contributed by atoms with Crippen LogP contribution in [-0.2, 0) is 10.0 Å². The molecule has 1 aromatic carbocycles.